The van der Waals surface area contributed by atoms with E-state index in [1.807, 2.05) is 0 Å². The van der Waals surface area contributed by atoms with Crippen molar-refractivity contribution in [1.29, 1.82) is 5.26 Å². The highest BCUT2D eigenvalue weighted by molar-refractivity contribution is 5.94. The van der Waals surface area contributed by atoms with Crippen LogP contribution in [0.5, 0.6) is 0 Å². The number of hydrogen-bond donors (Lipinski definition) is 3. The molecule has 1 aromatic heterocycles. The van der Waals surface area contributed by atoms with Crippen LogP contribution < -0.4 is 16.0 Å². The van der Waals surface area contributed by atoms with Crippen LogP contribution in [0.15, 0.2) is 30.5 Å². The lowest BCUT2D eigenvalue weighted by molar-refractivity contribution is -0.138. The second-order valence-electron chi connectivity index (χ2n) is 6.79. The number of alkyl halides is 3. The molecule has 0 saturated heterocycles. The number of nitriles is 1. The quantitative estimate of drug-likeness (QED) is 0.393. The normalized spacial score (nSPS) is 10.9. The summed E-state index contributed by atoms with van der Waals surface area (Å²) in [7, 11) is 1.41. The van der Waals surface area contributed by atoms with E-state index >= 15 is 0 Å². The Morgan fingerprint density at radius 3 is 2.50 bits per heavy atom. The first-order valence-corrected chi connectivity index (χ1v) is 9.68. The van der Waals surface area contributed by atoms with Gasteiger partial charge in [0.15, 0.2) is 5.69 Å². The molecule has 1 heterocycles. The summed E-state index contributed by atoms with van der Waals surface area (Å²) in [6, 6.07) is 6.24. The summed E-state index contributed by atoms with van der Waals surface area (Å²) in [5.74, 6) is -1.62. The molecule has 3 N–H and O–H groups in total. The summed E-state index contributed by atoms with van der Waals surface area (Å²) < 4.78 is 52.7. The third-order valence-electron chi connectivity index (χ3n) is 4.43. The lowest BCUT2D eigenvalue weighted by Gasteiger charge is -2.11. The molecule has 0 aliphatic carbocycles. The lowest BCUT2D eigenvalue weighted by atomic mass is 10.1. The van der Waals surface area contributed by atoms with Crippen LogP contribution in [0.1, 0.15) is 47.3 Å². The maximum absolute atomic E-state index is 13.9. The fourth-order valence-corrected chi connectivity index (χ4v) is 2.83. The van der Waals surface area contributed by atoms with E-state index in [2.05, 4.69) is 20.9 Å². The third kappa shape index (κ3) is 6.94. The van der Waals surface area contributed by atoms with Crippen molar-refractivity contribution >= 4 is 23.2 Å². The van der Waals surface area contributed by atoms with Crippen molar-refractivity contribution in [2.75, 3.05) is 24.2 Å². The number of carbonyl (C=O) groups is 2. The number of anilines is 2. The van der Waals surface area contributed by atoms with Crippen molar-refractivity contribution < 1.29 is 27.2 Å². The van der Waals surface area contributed by atoms with Gasteiger partial charge in [0.25, 0.3) is 5.91 Å². The van der Waals surface area contributed by atoms with Gasteiger partial charge < -0.3 is 16.0 Å². The Labute approximate surface area is 181 Å². The zero-order valence-corrected chi connectivity index (χ0v) is 17.1. The zero-order valence-electron chi connectivity index (χ0n) is 17.1. The Kier molecular flexibility index (Phi) is 8.52. The minimum atomic E-state index is -4.75. The standard InChI is InChI=1S/C21H21F4N5O2/c1-27-20(32)15-7-6-13(10-17(15)22)28-8-4-2-3-5-19(31)30-14-9-16(21(23,24)25)18(11-26)29-12-14/h6-7,9-10,12,28H,2-5,8H2,1H3,(H,27,32)(H,30,31). The summed E-state index contributed by atoms with van der Waals surface area (Å²) in [6.45, 7) is 0.509. The summed E-state index contributed by atoms with van der Waals surface area (Å²) in [5.41, 5.74) is -1.63. The number of carbonyl (C=O) groups excluding carboxylic acids is 2. The van der Waals surface area contributed by atoms with Gasteiger partial charge in [-0.2, -0.15) is 18.4 Å². The van der Waals surface area contributed by atoms with Crippen LogP contribution in [0.3, 0.4) is 0 Å². The number of benzene rings is 1. The number of nitrogens with one attached hydrogen (secondary N) is 3. The molecule has 2 amide bonds. The molecule has 0 aliphatic heterocycles. The summed E-state index contributed by atoms with van der Waals surface area (Å²) >= 11 is 0. The molecule has 170 valence electrons. The molecule has 2 rings (SSSR count). The maximum atomic E-state index is 13.9. The van der Waals surface area contributed by atoms with Gasteiger partial charge >= 0.3 is 6.18 Å². The minimum absolute atomic E-state index is 0.0520. The molecule has 2 aromatic rings. The molecular formula is C21H21F4N5O2. The molecule has 0 atom stereocenters. The Morgan fingerprint density at radius 1 is 1.12 bits per heavy atom. The molecule has 0 saturated carbocycles. The van der Waals surface area contributed by atoms with Crippen LogP contribution in [0.2, 0.25) is 0 Å². The number of hydrogen-bond acceptors (Lipinski definition) is 5. The zero-order chi connectivity index (χ0) is 23.7. The lowest BCUT2D eigenvalue weighted by Crippen LogP contribution is -2.19. The van der Waals surface area contributed by atoms with Gasteiger partial charge in [-0.3, -0.25) is 9.59 Å². The molecule has 0 spiro atoms. The second kappa shape index (κ2) is 11.1. The summed E-state index contributed by atoms with van der Waals surface area (Å²) in [6.07, 6.45) is -1.84. The van der Waals surface area contributed by atoms with E-state index in [1.165, 1.54) is 25.2 Å². The first-order valence-electron chi connectivity index (χ1n) is 9.68. The molecule has 32 heavy (non-hydrogen) atoms. The van der Waals surface area contributed by atoms with Gasteiger partial charge in [-0.25, -0.2) is 9.37 Å². The number of rotatable bonds is 9. The Bertz CT molecular complexity index is 1020. The highest BCUT2D eigenvalue weighted by atomic mass is 19.4. The summed E-state index contributed by atoms with van der Waals surface area (Å²) in [5, 5.41) is 16.4. The van der Waals surface area contributed by atoms with E-state index < -0.39 is 35.1 Å². The van der Waals surface area contributed by atoms with E-state index in [0.717, 1.165) is 6.20 Å². The van der Waals surface area contributed by atoms with Crippen molar-refractivity contribution in [2.24, 2.45) is 0 Å². The SMILES string of the molecule is CNC(=O)c1ccc(NCCCCCC(=O)Nc2cnc(C#N)c(C(F)(F)F)c2)cc1F. The van der Waals surface area contributed by atoms with Gasteiger partial charge in [0.1, 0.15) is 11.9 Å². The van der Waals surface area contributed by atoms with Gasteiger partial charge in [0.05, 0.1) is 23.0 Å². The van der Waals surface area contributed by atoms with E-state index in [4.69, 9.17) is 5.26 Å². The number of halogens is 4. The number of nitrogens with zero attached hydrogens (tertiary/aromatic N) is 2. The summed E-state index contributed by atoms with van der Waals surface area (Å²) in [4.78, 5) is 26.9. The van der Waals surface area contributed by atoms with Crippen molar-refractivity contribution in [1.82, 2.24) is 10.3 Å². The largest absolute Gasteiger partial charge is 0.419 e. The molecule has 1 aromatic carbocycles. The predicted molar refractivity (Wildman–Crippen MR) is 109 cm³/mol. The maximum Gasteiger partial charge on any atom is 0.419 e. The highest BCUT2D eigenvalue weighted by Gasteiger charge is 2.34. The molecule has 0 aliphatic rings. The van der Waals surface area contributed by atoms with E-state index in [0.29, 0.717) is 37.6 Å². The van der Waals surface area contributed by atoms with Crippen LogP contribution >= 0.6 is 0 Å². The number of unbranched alkanes of at least 4 members (excludes halogenated alkanes) is 2. The van der Waals surface area contributed by atoms with Gasteiger partial charge in [-0.05, 0) is 37.1 Å². The number of pyridine rings is 1. The monoisotopic (exact) mass is 451 g/mol. The molecular weight excluding hydrogens is 430 g/mol. The first-order chi connectivity index (χ1) is 15.2. The molecule has 0 fully saturated rings. The van der Waals surface area contributed by atoms with Gasteiger partial charge in [-0.15, -0.1) is 0 Å². The molecule has 11 heteroatoms. The molecule has 0 unspecified atom stereocenters. The Balaban J connectivity index is 1.74. The van der Waals surface area contributed by atoms with Crippen LogP contribution in [0, 0.1) is 17.1 Å². The topological polar surface area (TPSA) is 107 Å². The van der Waals surface area contributed by atoms with Crippen molar-refractivity contribution in [2.45, 2.75) is 31.9 Å². The first kappa shape index (κ1) is 24.6. The van der Waals surface area contributed by atoms with Crippen molar-refractivity contribution in [3.63, 3.8) is 0 Å². The van der Waals surface area contributed by atoms with Crippen LogP contribution in [-0.4, -0.2) is 30.4 Å². The highest BCUT2D eigenvalue weighted by Crippen LogP contribution is 2.32. The van der Waals surface area contributed by atoms with Crippen LogP contribution in [-0.2, 0) is 11.0 Å². The number of amides is 2. The predicted octanol–water partition coefficient (Wildman–Crippen LogP) is 4.08. The smallest absolute Gasteiger partial charge is 0.385 e. The van der Waals surface area contributed by atoms with Gasteiger partial charge in [-0.1, -0.05) is 6.42 Å². The fraction of sp³-hybridized carbons (Fsp3) is 0.333. The Hall–Kier alpha value is -3.68. The van der Waals surface area contributed by atoms with Crippen LogP contribution in [0.4, 0.5) is 28.9 Å². The van der Waals surface area contributed by atoms with Crippen molar-refractivity contribution in [3.05, 3.63) is 53.1 Å². The van der Waals surface area contributed by atoms with Crippen molar-refractivity contribution in [3.8, 4) is 6.07 Å². The average molecular weight is 451 g/mol. The van der Waals surface area contributed by atoms with E-state index in [1.54, 1.807) is 6.07 Å². The Morgan fingerprint density at radius 2 is 1.88 bits per heavy atom. The van der Waals surface area contributed by atoms with Crippen LogP contribution in [0.25, 0.3) is 0 Å². The molecule has 7 nitrogen and oxygen atoms in total. The second-order valence-corrected chi connectivity index (χ2v) is 6.79. The molecule has 0 bridgehead atoms. The third-order valence-corrected chi connectivity index (χ3v) is 4.43. The van der Waals surface area contributed by atoms with E-state index in [9.17, 15) is 27.2 Å². The van der Waals surface area contributed by atoms with Gasteiger partial charge in [0.2, 0.25) is 5.91 Å². The molecule has 0 radical (unpaired) electrons. The van der Waals surface area contributed by atoms with E-state index in [-0.39, 0.29) is 17.7 Å². The fourth-order valence-electron chi connectivity index (χ4n) is 2.83. The average Bonchev–Trinajstić information content (AvgIpc) is 2.75. The van der Waals surface area contributed by atoms with Gasteiger partial charge in [0, 0.05) is 25.7 Å². The number of aromatic nitrogens is 1. The minimum Gasteiger partial charge on any atom is -0.385 e.